The summed E-state index contributed by atoms with van der Waals surface area (Å²) in [6.45, 7) is 4.11. The quantitative estimate of drug-likeness (QED) is 0.548. The molecule has 2 N–H and O–H groups in total. The second-order valence-electron chi connectivity index (χ2n) is 8.22. The molecule has 0 spiro atoms. The molecule has 0 aliphatic carbocycles. The molecule has 0 fully saturated rings. The molecule has 33 heavy (non-hydrogen) atoms. The van der Waals surface area contributed by atoms with E-state index < -0.39 is 23.4 Å². The summed E-state index contributed by atoms with van der Waals surface area (Å²) < 4.78 is 51.3. The van der Waals surface area contributed by atoms with Crippen LogP contribution in [0.25, 0.3) is 10.9 Å². The molecule has 0 saturated heterocycles. The van der Waals surface area contributed by atoms with E-state index in [-0.39, 0.29) is 23.7 Å². The highest BCUT2D eigenvalue weighted by atomic mass is 19.4. The fraction of sp³-hybridized carbons (Fsp3) is 0.318. The number of aromatic nitrogens is 3. The van der Waals surface area contributed by atoms with Gasteiger partial charge in [0.1, 0.15) is 24.3 Å². The van der Waals surface area contributed by atoms with Crippen LogP contribution >= 0.6 is 0 Å². The average Bonchev–Trinajstić information content (AvgIpc) is 3.10. The molecule has 2 aromatic heterocycles. The number of carbonyl (C=O) groups excluding carboxylic acids is 1. The van der Waals surface area contributed by atoms with Crippen LogP contribution in [0.5, 0.6) is 5.75 Å². The molecule has 3 aromatic rings. The zero-order valence-electron chi connectivity index (χ0n) is 17.8. The molecule has 174 valence electrons. The predicted molar refractivity (Wildman–Crippen MR) is 113 cm³/mol. The van der Waals surface area contributed by atoms with Crippen LogP contribution in [0.4, 0.5) is 18.9 Å². The number of anilines is 1. The first-order chi connectivity index (χ1) is 15.5. The number of rotatable bonds is 7. The van der Waals surface area contributed by atoms with Crippen molar-refractivity contribution in [1.29, 1.82) is 0 Å². The van der Waals surface area contributed by atoms with Gasteiger partial charge in [0.2, 0.25) is 0 Å². The number of hydrogen-bond donors (Lipinski definition) is 2. The van der Waals surface area contributed by atoms with Gasteiger partial charge in [0.05, 0.1) is 16.8 Å². The van der Waals surface area contributed by atoms with Crippen LogP contribution in [-0.4, -0.2) is 38.0 Å². The van der Waals surface area contributed by atoms with Crippen LogP contribution in [0, 0.1) is 0 Å². The molecular weight excluding hydrogens is 441 g/mol. The Kier molecular flexibility index (Phi) is 5.75. The molecule has 0 radical (unpaired) electrons. The second-order valence-corrected chi connectivity index (χ2v) is 8.22. The Morgan fingerprint density at radius 2 is 2.06 bits per heavy atom. The number of hydrogen-bond acceptors (Lipinski definition) is 6. The van der Waals surface area contributed by atoms with E-state index in [2.05, 4.69) is 15.4 Å². The van der Waals surface area contributed by atoms with Gasteiger partial charge in [0, 0.05) is 24.2 Å². The molecule has 0 unspecified atom stereocenters. The standard InChI is InChI=1S/C22H21F3N4O4/c1-21(2,31)6-7-29-10-13-8-17(18(9-16(13)28-29)33-14-11-32-12-14)27-20(30)15-4-3-5-19(26-15)22(23,24)25/h3-5,8-11,31H,6-7,12H2,1-2H3,(H,27,30). The van der Waals surface area contributed by atoms with Crippen molar-refractivity contribution in [3.63, 3.8) is 0 Å². The number of fused-ring (bicyclic) bond motifs is 1. The number of benzene rings is 1. The largest absolute Gasteiger partial charge is 0.489 e. The van der Waals surface area contributed by atoms with Crippen LogP contribution in [-0.2, 0) is 17.5 Å². The van der Waals surface area contributed by atoms with Gasteiger partial charge in [-0.25, -0.2) is 4.98 Å². The molecule has 1 aliphatic rings. The zero-order chi connectivity index (χ0) is 23.8. The summed E-state index contributed by atoms with van der Waals surface area (Å²) in [5, 5.41) is 17.7. The Morgan fingerprint density at radius 3 is 2.70 bits per heavy atom. The highest BCUT2D eigenvalue weighted by molar-refractivity contribution is 6.05. The topological polar surface area (TPSA) is 98.5 Å². The number of alkyl halides is 3. The van der Waals surface area contributed by atoms with Crippen molar-refractivity contribution < 1.29 is 32.5 Å². The van der Waals surface area contributed by atoms with E-state index in [0.29, 0.717) is 29.6 Å². The molecule has 3 heterocycles. The molecule has 1 aliphatic heterocycles. The summed E-state index contributed by atoms with van der Waals surface area (Å²) in [5.74, 6) is -0.0489. The van der Waals surface area contributed by atoms with Crippen LogP contribution < -0.4 is 10.1 Å². The minimum Gasteiger partial charge on any atom is -0.489 e. The molecule has 4 rings (SSSR count). The number of carbonyl (C=O) groups is 1. The Morgan fingerprint density at radius 1 is 1.30 bits per heavy atom. The molecule has 0 saturated carbocycles. The summed E-state index contributed by atoms with van der Waals surface area (Å²) in [7, 11) is 0. The van der Waals surface area contributed by atoms with E-state index in [1.54, 1.807) is 36.9 Å². The molecule has 0 bridgehead atoms. The maximum absolute atomic E-state index is 13.0. The Hall–Kier alpha value is -3.60. The van der Waals surface area contributed by atoms with Gasteiger partial charge in [-0.1, -0.05) is 6.07 Å². The van der Waals surface area contributed by atoms with E-state index in [4.69, 9.17) is 9.47 Å². The number of aryl methyl sites for hydroxylation is 1. The Balaban J connectivity index is 1.64. The molecule has 8 nitrogen and oxygen atoms in total. The van der Waals surface area contributed by atoms with E-state index in [9.17, 15) is 23.1 Å². The van der Waals surface area contributed by atoms with Crippen LogP contribution in [0.3, 0.4) is 0 Å². The third-order valence-corrected chi connectivity index (χ3v) is 4.81. The summed E-state index contributed by atoms with van der Waals surface area (Å²) in [5.41, 5.74) is -1.59. The van der Waals surface area contributed by atoms with Gasteiger partial charge in [0.25, 0.3) is 5.91 Å². The van der Waals surface area contributed by atoms with Gasteiger partial charge < -0.3 is 19.9 Å². The van der Waals surface area contributed by atoms with Gasteiger partial charge in [-0.15, -0.1) is 0 Å². The first-order valence-electron chi connectivity index (χ1n) is 10.1. The van der Waals surface area contributed by atoms with Crippen molar-refractivity contribution in [3.8, 4) is 5.75 Å². The van der Waals surface area contributed by atoms with Crippen LogP contribution in [0.1, 0.15) is 36.5 Å². The van der Waals surface area contributed by atoms with Gasteiger partial charge in [-0.05, 0) is 38.5 Å². The lowest BCUT2D eigenvalue weighted by molar-refractivity contribution is -0.141. The highest BCUT2D eigenvalue weighted by Gasteiger charge is 2.33. The van der Waals surface area contributed by atoms with Crippen molar-refractivity contribution in [2.24, 2.45) is 0 Å². The smallest absolute Gasteiger partial charge is 0.433 e. The lowest BCUT2D eigenvalue weighted by atomic mass is 10.1. The summed E-state index contributed by atoms with van der Waals surface area (Å²) in [6.07, 6.45) is -1.04. The highest BCUT2D eigenvalue weighted by Crippen LogP contribution is 2.33. The number of pyridine rings is 1. The lowest BCUT2D eigenvalue weighted by Crippen LogP contribution is -2.21. The minimum absolute atomic E-state index is 0.238. The van der Waals surface area contributed by atoms with Gasteiger partial charge >= 0.3 is 6.18 Å². The molecular formula is C22H21F3N4O4. The SMILES string of the molecule is CC(C)(O)CCn1cc2cc(NC(=O)c3cccc(C(F)(F)F)n3)c(OC3=COC3)cc2n1. The third-order valence-electron chi connectivity index (χ3n) is 4.81. The zero-order valence-corrected chi connectivity index (χ0v) is 17.8. The lowest BCUT2D eigenvalue weighted by Gasteiger charge is -2.18. The van der Waals surface area contributed by atoms with Crippen molar-refractivity contribution in [1.82, 2.24) is 14.8 Å². The predicted octanol–water partition coefficient (Wildman–Crippen LogP) is 4.11. The number of amides is 1. The van der Waals surface area contributed by atoms with E-state index >= 15 is 0 Å². The molecule has 0 atom stereocenters. The number of halogens is 3. The number of ether oxygens (including phenoxy) is 2. The maximum Gasteiger partial charge on any atom is 0.433 e. The Bertz CT molecular complexity index is 1230. The normalized spacial score (nSPS) is 13.8. The van der Waals surface area contributed by atoms with E-state index in [1.165, 1.54) is 12.3 Å². The Labute approximate surface area is 186 Å². The van der Waals surface area contributed by atoms with Crippen molar-refractivity contribution in [2.45, 2.75) is 38.6 Å². The second kappa shape index (κ2) is 8.39. The minimum atomic E-state index is -4.67. The molecule has 1 amide bonds. The number of nitrogens with one attached hydrogen (secondary N) is 1. The van der Waals surface area contributed by atoms with Gasteiger partial charge in [-0.2, -0.15) is 18.3 Å². The van der Waals surface area contributed by atoms with E-state index in [1.807, 2.05) is 0 Å². The van der Waals surface area contributed by atoms with Crippen molar-refractivity contribution in [3.05, 3.63) is 59.9 Å². The average molecular weight is 462 g/mol. The maximum atomic E-state index is 13.0. The fourth-order valence-electron chi connectivity index (χ4n) is 3.04. The van der Waals surface area contributed by atoms with Crippen molar-refractivity contribution >= 4 is 22.5 Å². The first-order valence-corrected chi connectivity index (χ1v) is 10.1. The summed E-state index contributed by atoms with van der Waals surface area (Å²) in [4.78, 5) is 16.1. The monoisotopic (exact) mass is 462 g/mol. The summed E-state index contributed by atoms with van der Waals surface area (Å²) >= 11 is 0. The van der Waals surface area contributed by atoms with E-state index in [0.717, 1.165) is 12.1 Å². The van der Waals surface area contributed by atoms with Gasteiger partial charge in [-0.3, -0.25) is 9.48 Å². The number of nitrogens with zero attached hydrogens (tertiary/aromatic N) is 3. The molecule has 1 aromatic carbocycles. The molecule has 11 heteroatoms. The van der Waals surface area contributed by atoms with Crippen molar-refractivity contribution in [2.75, 3.05) is 11.9 Å². The van der Waals surface area contributed by atoms with Crippen LogP contribution in [0.15, 0.2) is 48.5 Å². The van der Waals surface area contributed by atoms with Gasteiger partial charge in [0.15, 0.2) is 11.5 Å². The summed E-state index contributed by atoms with van der Waals surface area (Å²) in [6, 6.07) is 6.34. The van der Waals surface area contributed by atoms with Crippen LogP contribution in [0.2, 0.25) is 0 Å². The first kappa shape index (κ1) is 22.6. The fourth-order valence-corrected chi connectivity index (χ4v) is 3.04. The third kappa shape index (κ3) is 5.43. The number of aliphatic hydroxyl groups is 1.